The van der Waals surface area contributed by atoms with E-state index in [4.69, 9.17) is 21.3 Å². The van der Waals surface area contributed by atoms with E-state index in [1.807, 2.05) is 42.6 Å². The number of amides is 2. The number of carbonyl (C=O) groups excluding carboxylic acids is 2. The van der Waals surface area contributed by atoms with Gasteiger partial charge in [0, 0.05) is 38.1 Å². The Kier molecular flexibility index (Phi) is 7.53. The van der Waals surface area contributed by atoms with Crippen molar-refractivity contribution in [2.24, 2.45) is 0 Å². The van der Waals surface area contributed by atoms with Gasteiger partial charge in [-0.3, -0.25) is 9.59 Å². The number of H-pyrrole nitrogens is 1. The Morgan fingerprint density at radius 2 is 1.73 bits per heavy atom. The van der Waals surface area contributed by atoms with Crippen LogP contribution in [-0.4, -0.2) is 28.9 Å². The number of carbonyl (C=O) groups is 2. The second-order valence-electron chi connectivity index (χ2n) is 10.7. The first-order valence-corrected chi connectivity index (χ1v) is 14.2. The fourth-order valence-electron chi connectivity index (χ4n) is 4.62. The molecule has 0 spiro atoms. The number of nitrogens with one attached hydrogen (secondary N) is 1. The van der Waals surface area contributed by atoms with E-state index in [9.17, 15) is 9.59 Å². The van der Waals surface area contributed by atoms with Crippen LogP contribution < -0.4 is 9.64 Å². The standard InChI is InChI=1S/C32H30ClN3O3S/c1-19-25(26-16-24(39-5)14-15-27(26)34-19)17-29(37)36(30(38)21-8-12-23(33)13-9-21)31-35-28(18-40-31)20-6-10-22(11-7-20)32(2,3)4/h6-16,18,34H,17H2,1-5H3. The summed E-state index contributed by atoms with van der Waals surface area (Å²) in [6, 6.07) is 20.4. The van der Waals surface area contributed by atoms with Gasteiger partial charge in [0.1, 0.15) is 5.75 Å². The maximum Gasteiger partial charge on any atom is 0.266 e. The Bertz CT molecular complexity index is 1700. The number of imide groups is 1. The molecular weight excluding hydrogens is 542 g/mol. The van der Waals surface area contributed by atoms with E-state index in [0.29, 0.717) is 27.2 Å². The summed E-state index contributed by atoms with van der Waals surface area (Å²) in [6.45, 7) is 8.42. The molecule has 0 radical (unpaired) electrons. The second kappa shape index (κ2) is 10.9. The van der Waals surface area contributed by atoms with E-state index in [1.165, 1.54) is 21.8 Å². The van der Waals surface area contributed by atoms with Crippen LogP contribution in [0.25, 0.3) is 22.2 Å². The Balaban J connectivity index is 1.52. The number of rotatable bonds is 6. The molecule has 0 saturated heterocycles. The highest BCUT2D eigenvalue weighted by Crippen LogP contribution is 2.32. The summed E-state index contributed by atoms with van der Waals surface area (Å²) in [5.41, 5.74) is 5.78. The number of anilines is 1. The van der Waals surface area contributed by atoms with E-state index in [0.717, 1.165) is 27.7 Å². The lowest BCUT2D eigenvalue weighted by atomic mass is 9.86. The van der Waals surface area contributed by atoms with Gasteiger partial charge >= 0.3 is 0 Å². The van der Waals surface area contributed by atoms with Gasteiger partial charge in [-0.05, 0) is 65.9 Å². The van der Waals surface area contributed by atoms with Crippen molar-refractivity contribution in [3.8, 4) is 17.0 Å². The van der Waals surface area contributed by atoms with Gasteiger partial charge in [-0.15, -0.1) is 11.3 Å². The molecular formula is C32H30ClN3O3S. The molecule has 8 heteroatoms. The number of ether oxygens (including phenoxy) is 1. The van der Waals surface area contributed by atoms with Crippen LogP contribution in [0.2, 0.25) is 5.02 Å². The summed E-state index contributed by atoms with van der Waals surface area (Å²) in [6.07, 6.45) is 0.00746. The summed E-state index contributed by atoms with van der Waals surface area (Å²) >= 11 is 7.32. The third kappa shape index (κ3) is 5.53. The molecule has 5 aromatic rings. The smallest absolute Gasteiger partial charge is 0.266 e. The van der Waals surface area contributed by atoms with E-state index < -0.39 is 5.91 Å². The number of aromatic nitrogens is 2. The molecule has 0 atom stereocenters. The third-order valence-corrected chi connectivity index (χ3v) is 8.01. The van der Waals surface area contributed by atoms with Gasteiger partial charge in [0.15, 0.2) is 5.13 Å². The lowest BCUT2D eigenvalue weighted by molar-refractivity contribution is -0.117. The minimum absolute atomic E-state index is 0.00746. The van der Waals surface area contributed by atoms with Crippen LogP contribution in [0.3, 0.4) is 0 Å². The highest BCUT2D eigenvalue weighted by molar-refractivity contribution is 7.14. The molecule has 3 aromatic carbocycles. The largest absolute Gasteiger partial charge is 0.497 e. The van der Waals surface area contributed by atoms with Gasteiger partial charge in [0.05, 0.1) is 19.2 Å². The molecule has 6 nitrogen and oxygen atoms in total. The predicted molar refractivity (Wildman–Crippen MR) is 163 cm³/mol. The van der Waals surface area contributed by atoms with Crippen LogP contribution in [0, 0.1) is 6.92 Å². The molecule has 5 rings (SSSR count). The van der Waals surface area contributed by atoms with Gasteiger partial charge in [0.25, 0.3) is 5.91 Å². The molecule has 1 N–H and O–H groups in total. The number of thiazole rings is 1. The molecule has 2 amide bonds. The maximum absolute atomic E-state index is 13.9. The normalized spacial score (nSPS) is 11.6. The monoisotopic (exact) mass is 571 g/mol. The Hall–Kier alpha value is -3.94. The molecule has 0 saturated carbocycles. The number of fused-ring (bicyclic) bond motifs is 1. The van der Waals surface area contributed by atoms with E-state index >= 15 is 0 Å². The third-order valence-electron chi connectivity index (χ3n) is 6.93. The molecule has 0 bridgehead atoms. The van der Waals surface area contributed by atoms with Crippen molar-refractivity contribution >= 4 is 50.8 Å². The highest BCUT2D eigenvalue weighted by Gasteiger charge is 2.29. The number of nitrogens with zero attached hydrogens (tertiary/aromatic N) is 2. The maximum atomic E-state index is 13.9. The van der Waals surface area contributed by atoms with Gasteiger partial charge in [-0.1, -0.05) is 56.6 Å². The lowest BCUT2D eigenvalue weighted by Gasteiger charge is -2.19. The summed E-state index contributed by atoms with van der Waals surface area (Å²) < 4.78 is 5.40. The van der Waals surface area contributed by atoms with Crippen molar-refractivity contribution in [1.29, 1.82) is 0 Å². The molecule has 2 heterocycles. The molecule has 0 aliphatic carbocycles. The summed E-state index contributed by atoms with van der Waals surface area (Å²) in [4.78, 5) is 37.0. The fraction of sp³-hybridized carbons (Fsp3) is 0.219. The van der Waals surface area contributed by atoms with Crippen molar-refractivity contribution in [3.63, 3.8) is 0 Å². The number of aromatic amines is 1. The Morgan fingerprint density at radius 1 is 1.02 bits per heavy atom. The zero-order valence-corrected chi connectivity index (χ0v) is 24.6. The molecule has 204 valence electrons. The van der Waals surface area contributed by atoms with Gasteiger partial charge in [-0.25, -0.2) is 9.88 Å². The summed E-state index contributed by atoms with van der Waals surface area (Å²) in [7, 11) is 1.61. The van der Waals surface area contributed by atoms with Crippen molar-refractivity contribution in [2.75, 3.05) is 12.0 Å². The topological polar surface area (TPSA) is 75.3 Å². The average molecular weight is 572 g/mol. The first kappa shape index (κ1) is 27.6. The quantitative estimate of drug-likeness (QED) is 0.224. The summed E-state index contributed by atoms with van der Waals surface area (Å²) in [5.74, 6) is -0.146. The molecule has 0 aliphatic heterocycles. The predicted octanol–water partition coefficient (Wildman–Crippen LogP) is 7.98. The number of hydrogen-bond acceptors (Lipinski definition) is 5. The SMILES string of the molecule is COc1ccc2[nH]c(C)c(CC(=O)N(C(=O)c3ccc(Cl)cc3)c3nc(-c4ccc(C(C)(C)C)cc4)cs3)c2c1. The lowest BCUT2D eigenvalue weighted by Crippen LogP contribution is -2.38. The number of benzene rings is 3. The highest BCUT2D eigenvalue weighted by atomic mass is 35.5. The zero-order chi connectivity index (χ0) is 28.6. The summed E-state index contributed by atoms with van der Waals surface area (Å²) in [5, 5.41) is 3.57. The molecule has 0 aliphatic rings. The second-order valence-corrected chi connectivity index (χ2v) is 12.0. The van der Waals surface area contributed by atoms with Gasteiger partial charge < -0.3 is 9.72 Å². The van der Waals surface area contributed by atoms with Crippen LogP contribution in [0.15, 0.2) is 72.1 Å². The molecule has 0 unspecified atom stereocenters. The first-order chi connectivity index (χ1) is 19.0. The molecule has 40 heavy (non-hydrogen) atoms. The number of halogens is 1. The molecule has 0 fully saturated rings. The zero-order valence-electron chi connectivity index (χ0n) is 23.0. The van der Waals surface area contributed by atoms with E-state index in [1.54, 1.807) is 31.4 Å². The van der Waals surface area contributed by atoms with Crippen LogP contribution in [0.5, 0.6) is 5.75 Å². The van der Waals surface area contributed by atoms with Crippen LogP contribution in [-0.2, 0) is 16.6 Å². The van der Waals surface area contributed by atoms with Crippen molar-refractivity contribution in [1.82, 2.24) is 9.97 Å². The van der Waals surface area contributed by atoms with Crippen LogP contribution in [0.4, 0.5) is 5.13 Å². The van der Waals surface area contributed by atoms with Crippen molar-refractivity contribution < 1.29 is 14.3 Å². The number of methoxy groups -OCH3 is 1. The molecule has 2 aromatic heterocycles. The fourth-order valence-corrected chi connectivity index (χ4v) is 5.59. The average Bonchev–Trinajstić information content (AvgIpc) is 3.53. The van der Waals surface area contributed by atoms with E-state index in [-0.39, 0.29) is 17.7 Å². The minimum atomic E-state index is -0.458. The minimum Gasteiger partial charge on any atom is -0.497 e. The Morgan fingerprint density at radius 3 is 2.38 bits per heavy atom. The van der Waals surface area contributed by atoms with Crippen LogP contribution >= 0.6 is 22.9 Å². The Labute approximate surface area is 242 Å². The number of aryl methyl sites for hydroxylation is 1. The van der Waals surface area contributed by atoms with Gasteiger partial charge in [-0.2, -0.15) is 0 Å². The van der Waals surface area contributed by atoms with Crippen LogP contribution in [0.1, 0.15) is 48.0 Å². The van der Waals surface area contributed by atoms with Crippen molar-refractivity contribution in [2.45, 2.75) is 39.5 Å². The van der Waals surface area contributed by atoms with Crippen molar-refractivity contribution in [3.05, 3.63) is 99.5 Å². The van der Waals surface area contributed by atoms with E-state index in [2.05, 4.69) is 37.9 Å². The van der Waals surface area contributed by atoms with Gasteiger partial charge in [0.2, 0.25) is 5.91 Å². The number of hydrogen-bond donors (Lipinski definition) is 1. The first-order valence-electron chi connectivity index (χ1n) is 12.9.